The molecule has 2 heterocycles. The summed E-state index contributed by atoms with van der Waals surface area (Å²) in [4.78, 5) is 17.8. The second-order valence-corrected chi connectivity index (χ2v) is 6.87. The van der Waals surface area contributed by atoms with Crippen molar-refractivity contribution < 1.29 is 9.18 Å². The Morgan fingerprint density at radius 3 is 2.67 bits per heavy atom. The van der Waals surface area contributed by atoms with Crippen molar-refractivity contribution in [3.8, 4) is 5.13 Å². The number of halogens is 1. The molecular weight excluding hydrogens is 325 g/mol. The molecule has 0 radical (unpaired) electrons. The second-order valence-electron chi connectivity index (χ2n) is 5.89. The fraction of sp³-hybridized carbons (Fsp3) is 0.222. The number of rotatable bonds is 4. The first-order valence-electron chi connectivity index (χ1n) is 7.67. The van der Waals surface area contributed by atoms with Gasteiger partial charge in [-0.3, -0.25) is 4.79 Å². The van der Waals surface area contributed by atoms with Gasteiger partial charge in [0.1, 0.15) is 10.7 Å². The van der Waals surface area contributed by atoms with Gasteiger partial charge in [-0.05, 0) is 42.7 Å². The zero-order valence-corrected chi connectivity index (χ0v) is 14.5. The van der Waals surface area contributed by atoms with Crippen LogP contribution in [0.5, 0.6) is 0 Å². The van der Waals surface area contributed by atoms with Crippen molar-refractivity contribution in [3.63, 3.8) is 0 Å². The predicted octanol–water partition coefficient (Wildman–Crippen LogP) is 4.76. The number of hydrogen-bond acceptors (Lipinski definition) is 3. The summed E-state index contributed by atoms with van der Waals surface area (Å²) >= 11 is 1.30. The largest absolute Gasteiger partial charge is 0.319 e. The minimum atomic E-state index is -0.449. The molecular formula is C18H18FN3OS. The Bertz CT molecular complexity index is 869. The van der Waals surface area contributed by atoms with Gasteiger partial charge in [-0.15, -0.1) is 0 Å². The van der Waals surface area contributed by atoms with Crippen LogP contribution in [0.4, 0.5) is 10.1 Å². The standard InChI is InChI=1S/C18H18FN3OS/c1-11(2)15-16(24-18(21-15)22-8-4-5-9-22)17(23)20-14-10-12(3)6-7-13(14)19/h4-11H,1-3H3,(H,20,23). The van der Waals surface area contributed by atoms with Crippen molar-refractivity contribution in [3.05, 3.63) is 64.7 Å². The van der Waals surface area contributed by atoms with Crippen molar-refractivity contribution in [2.75, 3.05) is 5.32 Å². The zero-order valence-electron chi connectivity index (χ0n) is 13.7. The van der Waals surface area contributed by atoms with E-state index < -0.39 is 5.82 Å². The van der Waals surface area contributed by atoms with Gasteiger partial charge in [-0.2, -0.15) is 0 Å². The number of amides is 1. The van der Waals surface area contributed by atoms with Crippen LogP contribution in [0, 0.1) is 12.7 Å². The maximum atomic E-state index is 13.9. The molecule has 1 N–H and O–H groups in total. The fourth-order valence-electron chi connectivity index (χ4n) is 2.36. The van der Waals surface area contributed by atoms with Crippen LogP contribution in [0.25, 0.3) is 5.13 Å². The lowest BCUT2D eigenvalue weighted by atomic mass is 10.1. The highest BCUT2D eigenvalue weighted by molar-refractivity contribution is 7.16. The molecule has 0 saturated heterocycles. The Morgan fingerprint density at radius 1 is 1.29 bits per heavy atom. The SMILES string of the molecule is Cc1ccc(F)c(NC(=O)c2sc(-n3cccc3)nc2C(C)C)c1. The topological polar surface area (TPSA) is 46.9 Å². The molecule has 4 nitrogen and oxygen atoms in total. The van der Waals surface area contributed by atoms with Gasteiger partial charge in [0.25, 0.3) is 5.91 Å². The molecule has 1 aromatic carbocycles. The van der Waals surface area contributed by atoms with Crippen molar-refractivity contribution in [2.45, 2.75) is 26.7 Å². The summed E-state index contributed by atoms with van der Waals surface area (Å²) in [5, 5.41) is 3.39. The van der Waals surface area contributed by atoms with Crippen LogP contribution in [0.1, 0.15) is 40.7 Å². The Kier molecular flexibility index (Phi) is 4.49. The Hall–Kier alpha value is -2.47. The second kappa shape index (κ2) is 6.57. The van der Waals surface area contributed by atoms with Gasteiger partial charge in [0.05, 0.1) is 11.4 Å². The van der Waals surface area contributed by atoms with Gasteiger partial charge < -0.3 is 9.88 Å². The maximum absolute atomic E-state index is 13.9. The highest BCUT2D eigenvalue weighted by Gasteiger charge is 2.21. The van der Waals surface area contributed by atoms with E-state index in [1.165, 1.54) is 17.4 Å². The molecule has 2 aromatic heterocycles. The lowest BCUT2D eigenvalue weighted by Gasteiger charge is -2.08. The molecule has 0 bridgehead atoms. The summed E-state index contributed by atoms with van der Waals surface area (Å²) in [6, 6.07) is 8.44. The Morgan fingerprint density at radius 2 is 2.00 bits per heavy atom. The Labute approximate surface area is 144 Å². The molecule has 0 aliphatic rings. The first kappa shape index (κ1) is 16.4. The summed E-state index contributed by atoms with van der Waals surface area (Å²) in [5.41, 5.74) is 1.79. The number of hydrogen-bond donors (Lipinski definition) is 1. The number of thiazole rings is 1. The molecule has 1 amide bonds. The molecule has 0 fully saturated rings. The molecule has 0 spiro atoms. The third kappa shape index (κ3) is 3.23. The first-order chi connectivity index (χ1) is 11.5. The smallest absolute Gasteiger partial charge is 0.267 e. The molecule has 6 heteroatoms. The van der Waals surface area contributed by atoms with Gasteiger partial charge in [0.15, 0.2) is 5.13 Å². The summed E-state index contributed by atoms with van der Waals surface area (Å²) < 4.78 is 15.8. The summed E-state index contributed by atoms with van der Waals surface area (Å²) in [5.74, 6) is -0.692. The molecule has 0 aliphatic heterocycles. The van der Waals surface area contributed by atoms with Crippen LogP contribution >= 0.6 is 11.3 Å². The van der Waals surface area contributed by atoms with Crippen LogP contribution in [-0.4, -0.2) is 15.5 Å². The minimum absolute atomic E-state index is 0.0914. The minimum Gasteiger partial charge on any atom is -0.319 e. The van der Waals surface area contributed by atoms with Gasteiger partial charge in [0.2, 0.25) is 0 Å². The van der Waals surface area contributed by atoms with E-state index in [1.807, 2.05) is 49.9 Å². The molecule has 0 unspecified atom stereocenters. The van der Waals surface area contributed by atoms with Crippen molar-refractivity contribution in [2.24, 2.45) is 0 Å². The summed E-state index contributed by atoms with van der Waals surface area (Å²) in [6.07, 6.45) is 3.76. The third-order valence-electron chi connectivity index (χ3n) is 3.59. The van der Waals surface area contributed by atoms with Crippen molar-refractivity contribution in [1.29, 1.82) is 0 Å². The van der Waals surface area contributed by atoms with Crippen LogP contribution in [0.15, 0.2) is 42.7 Å². The number of nitrogens with zero attached hydrogens (tertiary/aromatic N) is 2. The van der Waals surface area contributed by atoms with E-state index in [0.717, 1.165) is 10.7 Å². The van der Waals surface area contributed by atoms with Crippen LogP contribution < -0.4 is 5.32 Å². The van der Waals surface area contributed by atoms with E-state index in [0.29, 0.717) is 10.6 Å². The quantitative estimate of drug-likeness (QED) is 0.742. The summed E-state index contributed by atoms with van der Waals surface area (Å²) in [6.45, 7) is 5.82. The lowest BCUT2D eigenvalue weighted by Crippen LogP contribution is -2.14. The van der Waals surface area contributed by atoms with Gasteiger partial charge in [0, 0.05) is 12.4 Å². The van der Waals surface area contributed by atoms with E-state index in [4.69, 9.17) is 0 Å². The average Bonchev–Trinajstić information content (AvgIpc) is 3.19. The third-order valence-corrected chi connectivity index (χ3v) is 4.67. The van der Waals surface area contributed by atoms with E-state index in [-0.39, 0.29) is 17.5 Å². The van der Waals surface area contributed by atoms with E-state index in [1.54, 1.807) is 12.1 Å². The maximum Gasteiger partial charge on any atom is 0.267 e. The molecule has 0 aliphatic carbocycles. The first-order valence-corrected chi connectivity index (χ1v) is 8.49. The molecule has 3 aromatic rings. The number of nitrogens with one attached hydrogen (secondary N) is 1. The van der Waals surface area contributed by atoms with Crippen molar-refractivity contribution >= 4 is 22.9 Å². The Balaban J connectivity index is 1.95. The average molecular weight is 343 g/mol. The number of aryl methyl sites for hydroxylation is 1. The number of benzene rings is 1. The summed E-state index contributed by atoms with van der Waals surface area (Å²) in [7, 11) is 0. The molecule has 0 atom stereocenters. The molecule has 24 heavy (non-hydrogen) atoms. The van der Waals surface area contributed by atoms with Crippen LogP contribution in [0.2, 0.25) is 0 Å². The normalized spacial score (nSPS) is 11.0. The molecule has 0 saturated carbocycles. The highest BCUT2D eigenvalue weighted by atomic mass is 32.1. The zero-order chi connectivity index (χ0) is 17.3. The number of anilines is 1. The number of carbonyl (C=O) groups excluding carboxylic acids is 1. The van der Waals surface area contributed by atoms with E-state index in [9.17, 15) is 9.18 Å². The van der Waals surface area contributed by atoms with E-state index in [2.05, 4.69) is 10.3 Å². The molecule has 124 valence electrons. The van der Waals surface area contributed by atoms with Crippen LogP contribution in [-0.2, 0) is 0 Å². The lowest BCUT2D eigenvalue weighted by molar-refractivity contribution is 0.102. The number of carbonyl (C=O) groups is 1. The highest BCUT2D eigenvalue weighted by Crippen LogP contribution is 2.29. The van der Waals surface area contributed by atoms with Gasteiger partial charge in [-0.1, -0.05) is 31.3 Å². The monoisotopic (exact) mass is 343 g/mol. The van der Waals surface area contributed by atoms with Gasteiger partial charge in [-0.25, -0.2) is 9.37 Å². The predicted molar refractivity (Wildman–Crippen MR) is 94.6 cm³/mol. The molecule has 3 rings (SSSR count). The van der Waals surface area contributed by atoms with Gasteiger partial charge >= 0.3 is 0 Å². The number of aromatic nitrogens is 2. The van der Waals surface area contributed by atoms with Crippen LogP contribution in [0.3, 0.4) is 0 Å². The fourth-order valence-corrected chi connectivity index (χ4v) is 3.44. The van der Waals surface area contributed by atoms with Crippen molar-refractivity contribution in [1.82, 2.24) is 9.55 Å². The van der Waals surface area contributed by atoms with E-state index >= 15 is 0 Å².